The Balaban J connectivity index is 2.07. The van der Waals surface area contributed by atoms with Gasteiger partial charge in [-0.1, -0.05) is 11.6 Å². The van der Waals surface area contributed by atoms with Crippen molar-refractivity contribution in [1.29, 1.82) is 0 Å². The number of nitrogens with two attached hydrogens (primary N) is 1. The first kappa shape index (κ1) is 14.1. The van der Waals surface area contributed by atoms with Crippen molar-refractivity contribution >= 4 is 55.8 Å². The Morgan fingerprint density at radius 1 is 1.10 bits per heavy atom. The van der Waals surface area contributed by atoms with Crippen LogP contribution in [0.2, 0.25) is 5.02 Å². The first-order valence-corrected chi connectivity index (χ1v) is 8.36. The van der Waals surface area contributed by atoms with E-state index in [0.717, 1.165) is 11.7 Å². The van der Waals surface area contributed by atoms with Crippen LogP contribution in [-0.2, 0) is 10.0 Å². The van der Waals surface area contributed by atoms with E-state index in [-0.39, 0.29) is 15.6 Å². The van der Waals surface area contributed by atoms with Gasteiger partial charge in [0.1, 0.15) is 11.0 Å². The van der Waals surface area contributed by atoms with E-state index in [0.29, 0.717) is 16.7 Å². The Bertz CT molecular complexity index is 907. The first-order valence-electron chi connectivity index (χ1n) is 5.76. The normalized spacial score (nSPS) is 11.7. The summed E-state index contributed by atoms with van der Waals surface area (Å²) in [5.41, 5.74) is 7.27. The highest BCUT2D eigenvalue weighted by Gasteiger charge is 2.19. The highest BCUT2D eigenvalue weighted by atomic mass is 35.5. The fourth-order valence-corrected chi connectivity index (χ4v) is 3.65. The number of nitrogens with zero attached hydrogens (tertiary/aromatic N) is 2. The molecule has 6 nitrogen and oxygen atoms in total. The van der Waals surface area contributed by atoms with Crippen molar-refractivity contribution < 1.29 is 8.42 Å². The average molecular weight is 341 g/mol. The Hall–Kier alpha value is -1.90. The second-order valence-corrected chi connectivity index (χ2v) is 6.85. The van der Waals surface area contributed by atoms with Crippen LogP contribution in [0.3, 0.4) is 0 Å². The predicted octanol–water partition coefficient (Wildman–Crippen LogP) is 2.73. The third-order valence-electron chi connectivity index (χ3n) is 2.80. The van der Waals surface area contributed by atoms with Crippen LogP contribution < -0.4 is 10.5 Å². The summed E-state index contributed by atoms with van der Waals surface area (Å²) in [6, 6.07) is 9.13. The van der Waals surface area contributed by atoms with Gasteiger partial charge in [0.15, 0.2) is 0 Å². The molecule has 1 aromatic heterocycles. The molecule has 0 saturated carbocycles. The smallest absolute Gasteiger partial charge is 0.262 e. The van der Waals surface area contributed by atoms with Crippen LogP contribution in [0.1, 0.15) is 0 Å². The minimum atomic E-state index is -3.78. The molecule has 0 fully saturated rings. The number of rotatable bonds is 3. The number of fused-ring (bicyclic) bond motifs is 1. The second-order valence-electron chi connectivity index (χ2n) is 4.23. The van der Waals surface area contributed by atoms with Crippen molar-refractivity contribution in [3.05, 3.63) is 41.4 Å². The average Bonchev–Trinajstić information content (AvgIpc) is 2.91. The Kier molecular flexibility index (Phi) is 3.44. The van der Waals surface area contributed by atoms with Crippen molar-refractivity contribution in [2.45, 2.75) is 4.90 Å². The number of anilines is 2. The molecule has 0 atom stereocenters. The molecule has 0 saturated heterocycles. The van der Waals surface area contributed by atoms with E-state index < -0.39 is 10.0 Å². The van der Waals surface area contributed by atoms with Crippen LogP contribution in [0.5, 0.6) is 0 Å². The van der Waals surface area contributed by atoms with Gasteiger partial charge in [-0.05, 0) is 36.4 Å². The fraction of sp³-hybridized carbons (Fsp3) is 0. The molecule has 3 aromatic rings. The molecule has 0 spiro atoms. The minimum absolute atomic E-state index is 0.0907. The third-order valence-corrected chi connectivity index (χ3v) is 5.03. The molecule has 0 aliphatic rings. The third kappa shape index (κ3) is 2.65. The number of hydrogen-bond donors (Lipinski definition) is 2. The first-order chi connectivity index (χ1) is 9.97. The van der Waals surface area contributed by atoms with Gasteiger partial charge in [-0.25, -0.2) is 8.42 Å². The van der Waals surface area contributed by atoms with Crippen molar-refractivity contribution in [1.82, 2.24) is 8.75 Å². The van der Waals surface area contributed by atoms with Gasteiger partial charge < -0.3 is 5.73 Å². The summed E-state index contributed by atoms with van der Waals surface area (Å²) in [5.74, 6) is 0. The van der Waals surface area contributed by atoms with Crippen LogP contribution in [0.4, 0.5) is 11.4 Å². The molecule has 0 aliphatic heterocycles. The maximum absolute atomic E-state index is 12.4. The maximum Gasteiger partial charge on any atom is 0.262 e. The van der Waals surface area contributed by atoms with Gasteiger partial charge in [-0.15, -0.1) is 0 Å². The number of nitrogen functional groups attached to an aromatic ring is 1. The fourth-order valence-electron chi connectivity index (χ4n) is 1.76. The summed E-state index contributed by atoms with van der Waals surface area (Å²) in [4.78, 5) is 0.0907. The van der Waals surface area contributed by atoms with Gasteiger partial charge >= 0.3 is 0 Å². The molecule has 2 aromatic carbocycles. The number of nitrogens with one attached hydrogen (secondary N) is 1. The van der Waals surface area contributed by atoms with Crippen molar-refractivity contribution in [2.24, 2.45) is 0 Å². The van der Waals surface area contributed by atoms with E-state index in [1.807, 2.05) is 0 Å². The monoisotopic (exact) mass is 340 g/mol. The standard InChI is InChI=1S/C12H9ClN4O2S2/c13-9-5-6-10-12(16-20-15-10)11(9)17-21(18,19)8-3-1-7(14)2-4-8/h1-6,17H,14H2. The summed E-state index contributed by atoms with van der Waals surface area (Å²) < 4.78 is 35.3. The lowest BCUT2D eigenvalue weighted by Gasteiger charge is -2.10. The zero-order valence-electron chi connectivity index (χ0n) is 10.4. The van der Waals surface area contributed by atoms with Gasteiger partial charge in [-0.3, -0.25) is 4.72 Å². The lowest BCUT2D eigenvalue weighted by molar-refractivity contribution is 0.601. The molecule has 0 bridgehead atoms. The number of aromatic nitrogens is 2. The van der Waals surface area contributed by atoms with Crippen molar-refractivity contribution in [3.8, 4) is 0 Å². The summed E-state index contributed by atoms with van der Waals surface area (Å²) in [7, 11) is -3.78. The van der Waals surface area contributed by atoms with E-state index in [4.69, 9.17) is 17.3 Å². The second kappa shape index (κ2) is 5.14. The lowest BCUT2D eigenvalue weighted by Crippen LogP contribution is -2.13. The lowest BCUT2D eigenvalue weighted by atomic mass is 10.3. The van der Waals surface area contributed by atoms with E-state index in [1.54, 1.807) is 12.1 Å². The van der Waals surface area contributed by atoms with Gasteiger partial charge in [0, 0.05) is 5.69 Å². The van der Waals surface area contributed by atoms with Gasteiger partial charge in [0.25, 0.3) is 10.0 Å². The number of halogens is 1. The molecular formula is C12H9ClN4O2S2. The van der Waals surface area contributed by atoms with E-state index in [9.17, 15) is 8.42 Å². The molecule has 1 heterocycles. The Labute approximate surface area is 129 Å². The molecule has 0 aliphatic carbocycles. The molecule has 0 unspecified atom stereocenters. The molecule has 9 heteroatoms. The summed E-state index contributed by atoms with van der Waals surface area (Å²) in [6.07, 6.45) is 0. The predicted molar refractivity (Wildman–Crippen MR) is 84.1 cm³/mol. The van der Waals surface area contributed by atoms with Gasteiger partial charge in [-0.2, -0.15) is 8.75 Å². The van der Waals surface area contributed by atoms with Crippen LogP contribution in [0.25, 0.3) is 11.0 Å². The molecule has 3 rings (SSSR count). The van der Waals surface area contributed by atoms with E-state index >= 15 is 0 Å². The molecular weight excluding hydrogens is 332 g/mol. The van der Waals surface area contributed by atoms with Crippen LogP contribution in [0, 0.1) is 0 Å². The maximum atomic E-state index is 12.4. The van der Waals surface area contributed by atoms with E-state index in [2.05, 4.69) is 13.5 Å². The molecule has 0 amide bonds. The molecule has 0 radical (unpaired) electrons. The highest BCUT2D eigenvalue weighted by Crippen LogP contribution is 2.31. The molecule has 3 N–H and O–H groups in total. The highest BCUT2D eigenvalue weighted by molar-refractivity contribution is 7.92. The Morgan fingerprint density at radius 2 is 1.81 bits per heavy atom. The van der Waals surface area contributed by atoms with Gasteiger partial charge in [0.05, 0.1) is 27.3 Å². The largest absolute Gasteiger partial charge is 0.399 e. The van der Waals surface area contributed by atoms with Crippen LogP contribution >= 0.6 is 23.3 Å². The van der Waals surface area contributed by atoms with Crippen LogP contribution in [0.15, 0.2) is 41.3 Å². The molecule has 21 heavy (non-hydrogen) atoms. The number of benzene rings is 2. The van der Waals surface area contributed by atoms with Crippen molar-refractivity contribution in [3.63, 3.8) is 0 Å². The summed E-state index contributed by atoms with van der Waals surface area (Å²) in [6.45, 7) is 0. The zero-order chi connectivity index (χ0) is 15.0. The van der Waals surface area contributed by atoms with Crippen LogP contribution in [-0.4, -0.2) is 17.2 Å². The molecule has 108 valence electrons. The SMILES string of the molecule is Nc1ccc(S(=O)(=O)Nc2c(Cl)ccc3nsnc23)cc1. The summed E-state index contributed by atoms with van der Waals surface area (Å²) >= 11 is 7.06. The van der Waals surface area contributed by atoms with Crippen molar-refractivity contribution in [2.75, 3.05) is 10.5 Å². The number of hydrogen-bond acceptors (Lipinski definition) is 6. The topological polar surface area (TPSA) is 98.0 Å². The minimum Gasteiger partial charge on any atom is -0.399 e. The summed E-state index contributed by atoms with van der Waals surface area (Å²) in [5, 5.41) is 0.259. The number of sulfonamides is 1. The quantitative estimate of drug-likeness (QED) is 0.714. The zero-order valence-corrected chi connectivity index (χ0v) is 12.8. The van der Waals surface area contributed by atoms with E-state index in [1.165, 1.54) is 24.3 Å². The Morgan fingerprint density at radius 3 is 2.52 bits per heavy atom. The van der Waals surface area contributed by atoms with Gasteiger partial charge in [0.2, 0.25) is 0 Å².